The molecule has 0 saturated heterocycles. The molecule has 2 aromatic carbocycles. The Morgan fingerprint density at radius 3 is 2.55 bits per heavy atom. The van der Waals surface area contributed by atoms with Gasteiger partial charge in [0.25, 0.3) is 0 Å². The summed E-state index contributed by atoms with van der Waals surface area (Å²) in [6.45, 7) is 6.17. The van der Waals surface area contributed by atoms with E-state index in [1.165, 1.54) is 22.3 Å². The first-order valence-corrected chi connectivity index (χ1v) is 7.09. The molecule has 2 nitrogen and oxygen atoms in total. The van der Waals surface area contributed by atoms with Crippen molar-refractivity contribution in [1.82, 2.24) is 5.32 Å². The lowest BCUT2D eigenvalue weighted by atomic mass is 10.1. The summed E-state index contributed by atoms with van der Waals surface area (Å²) >= 11 is 0. The monoisotopic (exact) mass is 269 g/mol. The van der Waals surface area contributed by atoms with Crippen molar-refractivity contribution < 1.29 is 4.74 Å². The minimum atomic E-state index is 0.918. The van der Waals surface area contributed by atoms with E-state index in [-0.39, 0.29) is 0 Å². The van der Waals surface area contributed by atoms with Gasteiger partial charge in [0, 0.05) is 6.54 Å². The molecule has 1 N–H and O–H groups in total. The van der Waals surface area contributed by atoms with Crippen LogP contribution in [-0.4, -0.2) is 13.7 Å². The fourth-order valence-electron chi connectivity index (χ4n) is 2.40. The number of benzene rings is 2. The van der Waals surface area contributed by atoms with Gasteiger partial charge in [0.2, 0.25) is 0 Å². The summed E-state index contributed by atoms with van der Waals surface area (Å²) in [5.41, 5.74) is 5.30. The average molecular weight is 269 g/mol. The minimum Gasteiger partial charge on any atom is -0.496 e. The average Bonchev–Trinajstić information content (AvgIpc) is 2.46. The van der Waals surface area contributed by atoms with Gasteiger partial charge in [0.15, 0.2) is 0 Å². The Morgan fingerprint density at radius 2 is 1.80 bits per heavy atom. The van der Waals surface area contributed by atoms with Crippen LogP contribution in [0.4, 0.5) is 0 Å². The molecule has 2 aromatic rings. The van der Waals surface area contributed by atoms with Gasteiger partial charge in [-0.3, -0.25) is 0 Å². The number of rotatable bonds is 6. The second kappa shape index (κ2) is 7.11. The van der Waals surface area contributed by atoms with Gasteiger partial charge in [0.05, 0.1) is 7.11 Å². The summed E-state index contributed by atoms with van der Waals surface area (Å²) < 4.78 is 5.37. The van der Waals surface area contributed by atoms with Crippen LogP contribution in [0, 0.1) is 13.8 Å². The first kappa shape index (κ1) is 14.6. The third kappa shape index (κ3) is 3.84. The van der Waals surface area contributed by atoms with Crippen LogP contribution in [0.25, 0.3) is 0 Å². The van der Waals surface area contributed by atoms with Crippen molar-refractivity contribution >= 4 is 0 Å². The maximum absolute atomic E-state index is 5.37. The van der Waals surface area contributed by atoms with Crippen molar-refractivity contribution in [2.24, 2.45) is 0 Å². The molecule has 0 unspecified atom stereocenters. The summed E-state index contributed by atoms with van der Waals surface area (Å²) in [6, 6.07) is 14.8. The molecule has 0 atom stereocenters. The largest absolute Gasteiger partial charge is 0.496 e. The highest BCUT2D eigenvalue weighted by Gasteiger charge is 2.02. The zero-order chi connectivity index (χ0) is 14.4. The molecule has 2 rings (SSSR count). The van der Waals surface area contributed by atoms with Crippen LogP contribution in [-0.2, 0) is 13.0 Å². The number of aryl methyl sites for hydroxylation is 2. The van der Waals surface area contributed by atoms with Crippen molar-refractivity contribution in [1.29, 1.82) is 0 Å². The highest BCUT2D eigenvalue weighted by molar-refractivity contribution is 5.33. The van der Waals surface area contributed by atoms with Crippen molar-refractivity contribution in [2.45, 2.75) is 26.8 Å². The molecule has 0 fully saturated rings. The second-order valence-electron chi connectivity index (χ2n) is 5.17. The third-order valence-electron chi connectivity index (χ3n) is 3.58. The van der Waals surface area contributed by atoms with Crippen LogP contribution in [0.3, 0.4) is 0 Å². The highest BCUT2D eigenvalue weighted by Crippen LogP contribution is 2.17. The van der Waals surface area contributed by atoms with Gasteiger partial charge in [-0.2, -0.15) is 0 Å². The summed E-state index contributed by atoms with van der Waals surface area (Å²) in [4.78, 5) is 0. The number of methoxy groups -OCH3 is 1. The Bertz CT molecular complexity index is 563. The van der Waals surface area contributed by atoms with E-state index in [1.807, 2.05) is 12.1 Å². The van der Waals surface area contributed by atoms with Gasteiger partial charge >= 0.3 is 0 Å². The van der Waals surface area contributed by atoms with Crippen molar-refractivity contribution in [2.75, 3.05) is 13.7 Å². The first-order chi connectivity index (χ1) is 9.70. The predicted octanol–water partition coefficient (Wildman–Crippen LogP) is 3.64. The molecule has 0 aliphatic heterocycles. The molecule has 106 valence electrons. The number of ether oxygens (including phenoxy) is 1. The summed E-state index contributed by atoms with van der Waals surface area (Å²) in [6.07, 6.45) is 0.981. The molecule has 0 amide bonds. The molecule has 0 radical (unpaired) electrons. The van der Waals surface area contributed by atoms with Crippen LogP contribution >= 0.6 is 0 Å². The van der Waals surface area contributed by atoms with Gasteiger partial charge in [-0.1, -0.05) is 42.0 Å². The standard InChI is InChI=1S/C18H23NO/c1-14-8-9-17(15(2)12-14)13-19-11-10-16-6-4-5-7-18(16)20-3/h4-9,12,19H,10-11,13H2,1-3H3. The zero-order valence-electron chi connectivity index (χ0n) is 12.6. The van der Waals surface area contributed by atoms with E-state index < -0.39 is 0 Å². The van der Waals surface area contributed by atoms with Gasteiger partial charge in [-0.25, -0.2) is 0 Å². The van der Waals surface area contributed by atoms with E-state index in [2.05, 4.69) is 49.5 Å². The highest BCUT2D eigenvalue weighted by atomic mass is 16.5. The van der Waals surface area contributed by atoms with Crippen molar-refractivity contribution in [3.63, 3.8) is 0 Å². The Labute approximate surface area is 121 Å². The molecule has 0 heterocycles. The lowest BCUT2D eigenvalue weighted by molar-refractivity contribution is 0.409. The number of para-hydroxylation sites is 1. The fourth-order valence-corrected chi connectivity index (χ4v) is 2.40. The molecular formula is C18H23NO. The van der Waals surface area contributed by atoms with Crippen molar-refractivity contribution in [3.8, 4) is 5.75 Å². The Morgan fingerprint density at radius 1 is 1.00 bits per heavy atom. The van der Waals surface area contributed by atoms with Gasteiger partial charge in [-0.15, -0.1) is 0 Å². The summed E-state index contributed by atoms with van der Waals surface area (Å²) in [5, 5.41) is 3.51. The van der Waals surface area contributed by atoms with E-state index in [0.717, 1.165) is 25.3 Å². The topological polar surface area (TPSA) is 21.3 Å². The van der Waals surface area contributed by atoms with E-state index >= 15 is 0 Å². The second-order valence-corrected chi connectivity index (χ2v) is 5.17. The van der Waals surface area contributed by atoms with Crippen molar-refractivity contribution in [3.05, 3.63) is 64.7 Å². The maximum Gasteiger partial charge on any atom is 0.122 e. The number of hydrogen-bond donors (Lipinski definition) is 1. The minimum absolute atomic E-state index is 0.918. The van der Waals surface area contributed by atoms with Gasteiger partial charge < -0.3 is 10.1 Å². The molecule has 20 heavy (non-hydrogen) atoms. The van der Waals surface area contributed by atoms with E-state index in [4.69, 9.17) is 4.74 Å². The Hall–Kier alpha value is -1.80. The Balaban J connectivity index is 1.84. The van der Waals surface area contributed by atoms with E-state index in [1.54, 1.807) is 7.11 Å². The molecule has 0 aromatic heterocycles. The lowest BCUT2D eigenvalue weighted by Gasteiger charge is -2.10. The Kier molecular flexibility index (Phi) is 5.19. The SMILES string of the molecule is COc1ccccc1CCNCc1ccc(C)cc1C. The van der Waals surface area contributed by atoms with Crippen LogP contribution in [0.5, 0.6) is 5.75 Å². The zero-order valence-corrected chi connectivity index (χ0v) is 12.6. The molecule has 0 spiro atoms. The molecule has 0 bridgehead atoms. The third-order valence-corrected chi connectivity index (χ3v) is 3.58. The summed E-state index contributed by atoms with van der Waals surface area (Å²) in [7, 11) is 1.72. The molecule has 0 saturated carbocycles. The summed E-state index contributed by atoms with van der Waals surface area (Å²) in [5.74, 6) is 0.973. The lowest BCUT2D eigenvalue weighted by Crippen LogP contribution is -2.17. The first-order valence-electron chi connectivity index (χ1n) is 7.09. The predicted molar refractivity (Wildman–Crippen MR) is 84.3 cm³/mol. The van der Waals surface area contributed by atoms with Crippen LogP contribution in [0.15, 0.2) is 42.5 Å². The van der Waals surface area contributed by atoms with Crippen LogP contribution in [0.2, 0.25) is 0 Å². The van der Waals surface area contributed by atoms with Crippen LogP contribution in [0.1, 0.15) is 22.3 Å². The van der Waals surface area contributed by atoms with Gasteiger partial charge in [-0.05, 0) is 49.6 Å². The molecule has 0 aliphatic rings. The molecule has 0 aliphatic carbocycles. The normalized spacial score (nSPS) is 10.6. The smallest absolute Gasteiger partial charge is 0.122 e. The fraction of sp³-hybridized carbons (Fsp3) is 0.333. The van der Waals surface area contributed by atoms with Crippen LogP contribution < -0.4 is 10.1 Å². The molecular weight excluding hydrogens is 246 g/mol. The van der Waals surface area contributed by atoms with Gasteiger partial charge in [0.1, 0.15) is 5.75 Å². The van der Waals surface area contributed by atoms with E-state index in [9.17, 15) is 0 Å². The van der Waals surface area contributed by atoms with E-state index in [0.29, 0.717) is 0 Å². The maximum atomic E-state index is 5.37. The number of hydrogen-bond acceptors (Lipinski definition) is 2. The number of nitrogens with one attached hydrogen (secondary N) is 1. The molecule has 2 heteroatoms. The quantitative estimate of drug-likeness (QED) is 0.808.